The van der Waals surface area contributed by atoms with Crippen molar-refractivity contribution in [3.63, 3.8) is 0 Å². The number of alkyl halides is 6. The molecule has 38 heavy (non-hydrogen) atoms. The molecular formula is C27H26F6O5. The zero-order chi connectivity index (χ0) is 27.9. The highest BCUT2D eigenvalue weighted by Crippen LogP contribution is 2.38. The topological polar surface area (TPSA) is 57.9 Å². The fourth-order valence-corrected chi connectivity index (χ4v) is 3.62. The van der Waals surface area contributed by atoms with Crippen molar-refractivity contribution < 1.29 is 49.8 Å². The lowest BCUT2D eigenvalue weighted by Gasteiger charge is -2.20. The minimum absolute atomic E-state index is 0.0285. The number of hydrogen-bond donors (Lipinski definition) is 0. The molecule has 3 aromatic rings. The van der Waals surface area contributed by atoms with E-state index in [4.69, 9.17) is 9.15 Å². The molecule has 0 radical (unpaired) electrons. The number of unbranched alkanes of at least 4 members (excludes halogenated alkanes) is 2. The standard InChI is InChI=1S/C27H26F6O5/c1-3-5-6-7-17-8-11-21(24(12-17)38-27(31,32)33)23-13-18-9-10-20(14-22(18)37-23)35-15-19(26(28,29)30)16-36-25(34)4-2/h4,8-14,19H,2-3,5-7,15-16H2,1H3. The van der Waals surface area contributed by atoms with E-state index in [-0.39, 0.29) is 22.7 Å². The molecular weight excluding hydrogens is 518 g/mol. The van der Waals surface area contributed by atoms with Crippen molar-refractivity contribution in [1.29, 1.82) is 0 Å². The molecule has 0 bridgehead atoms. The van der Waals surface area contributed by atoms with E-state index in [0.717, 1.165) is 25.3 Å². The first-order chi connectivity index (χ1) is 17.9. The number of ether oxygens (including phenoxy) is 3. The predicted octanol–water partition coefficient (Wildman–Crippen LogP) is 8.02. The molecule has 1 heterocycles. The van der Waals surface area contributed by atoms with Crippen LogP contribution in [-0.4, -0.2) is 31.7 Å². The Bertz CT molecular complexity index is 1240. The summed E-state index contributed by atoms with van der Waals surface area (Å²) in [5.74, 6) is -3.38. The van der Waals surface area contributed by atoms with Gasteiger partial charge in [0.2, 0.25) is 0 Å². The summed E-state index contributed by atoms with van der Waals surface area (Å²) in [6.07, 6.45) is -5.54. The van der Waals surface area contributed by atoms with E-state index in [0.29, 0.717) is 17.4 Å². The Balaban J connectivity index is 1.83. The van der Waals surface area contributed by atoms with E-state index in [9.17, 15) is 31.1 Å². The summed E-state index contributed by atoms with van der Waals surface area (Å²) in [7, 11) is 0. The molecule has 2 aromatic carbocycles. The first kappa shape index (κ1) is 28.9. The molecule has 0 aliphatic rings. The maximum Gasteiger partial charge on any atom is 0.573 e. The Kier molecular flexibility index (Phi) is 9.35. The van der Waals surface area contributed by atoms with Crippen molar-refractivity contribution in [2.75, 3.05) is 13.2 Å². The van der Waals surface area contributed by atoms with Gasteiger partial charge < -0.3 is 18.6 Å². The van der Waals surface area contributed by atoms with Crippen molar-refractivity contribution >= 4 is 16.9 Å². The number of esters is 1. The van der Waals surface area contributed by atoms with Crippen LogP contribution < -0.4 is 9.47 Å². The second kappa shape index (κ2) is 12.3. The predicted molar refractivity (Wildman–Crippen MR) is 128 cm³/mol. The fraction of sp³-hybridized carbons (Fsp3) is 0.370. The third-order valence-corrected chi connectivity index (χ3v) is 5.61. The number of halogens is 6. The van der Waals surface area contributed by atoms with Gasteiger partial charge in [-0.2, -0.15) is 13.2 Å². The fourth-order valence-electron chi connectivity index (χ4n) is 3.62. The Morgan fingerprint density at radius 3 is 2.45 bits per heavy atom. The second-order valence-corrected chi connectivity index (χ2v) is 8.53. The van der Waals surface area contributed by atoms with Crippen LogP contribution in [0, 0.1) is 5.92 Å². The number of furan rings is 1. The maximum atomic E-state index is 13.3. The number of fused-ring (bicyclic) bond motifs is 1. The number of benzene rings is 2. The van der Waals surface area contributed by atoms with Gasteiger partial charge in [0.1, 0.15) is 42.0 Å². The highest BCUT2D eigenvalue weighted by atomic mass is 19.4. The second-order valence-electron chi connectivity index (χ2n) is 8.53. The quantitative estimate of drug-likeness (QED) is 0.100. The third-order valence-electron chi connectivity index (χ3n) is 5.61. The van der Waals surface area contributed by atoms with Crippen molar-refractivity contribution in [2.45, 2.75) is 45.1 Å². The van der Waals surface area contributed by atoms with Gasteiger partial charge >= 0.3 is 18.5 Å². The van der Waals surface area contributed by atoms with Crippen LogP contribution in [0.4, 0.5) is 26.3 Å². The third kappa shape index (κ3) is 8.19. The summed E-state index contributed by atoms with van der Waals surface area (Å²) in [6.45, 7) is 3.37. The largest absolute Gasteiger partial charge is 0.573 e. The number of carbonyl (C=O) groups excluding carboxylic acids is 1. The van der Waals surface area contributed by atoms with Crippen molar-refractivity contribution in [3.05, 3.63) is 60.7 Å². The van der Waals surface area contributed by atoms with Gasteiger partial charge in [-0.1, -0.05) is 32.4 Å². The molecule has 0 fully saturated rings. The number of rotatable bonds is 12. The van der Waals surface area contributed by atoms with Gasteiger partial charge in [-0.15, -0.1) is 13.2 Å². The van der Waals surface area contributed by atoms with E-state index in [1.54, 1.807) is 6.07 Å². The van der Waals surface area contributed by atoms with Crippen LogP contribution in [0.3, 0.4) is 0 Å². The van der Waals surface area contributed by atoms with Gasteiger partial charge in [-0.3, -0.25) is 0 Å². The molecule has 1 unspecified atom stereocenters. The maximum absolute atomic E-state index is 13.3. The van der Waals surface area contributed by atoms with Gasteiger partial charge in [0.15, 0.2) is 0 Å². The normalized spacial score (nSPS) is 12.8. The minimum atomic E-state index is -4.92. The minimum Gasteiger partial charge on any atom is -0.493 e. The van der Waals surface area contributed by atoms with E-state index < -0.39 is 43.4 Å². The SMILES string of the molecule is C=CC(=O)OCC(COc1ccc2cc(-c3ccc(CCCCC)cc3OC(F)(F)F)oc2c1)C(F)(F)F. The Morgan fingerprint density at radius 1 is 1.03 bits per heavy atom. The average Bonchev–Trinajstić information content (AvgIpc) is 3.25. The molecule has 0 spiro atoms. The lowest BCUT2D eigenvalue weighted by molar-refractivity contribution is -0.274. The molecule has 206 valence electrons. The van der Waals surface area contributed by atoms with Gasteiger partial charge in [0.05, 0.1) is 5.56 Å². The highest BCUT2D eigenvalue weighted by Gasteiger charge is 2.41. The van der Waals surface area contributed by atoms with Gasteiger partial charge in [0.25, 0.3) is 0 Å². The summed E-state index contributed by atoms with van der Waals surface area (Å²) in [6, 6.07) is 10.2. The van der Waals surface area contributed by atoms with Crippen LogP contribution in [0.5, 0.6) is 11.5 Å². The van der Waals surface area contributed by atoms with Crippen molar-refractivity contribution in [1.82, 2.24) is 0 Å². The first-order valence-electron chi connectivity index (χ1n) is 11.8. The lowest BCUT2D eigenvalue weighted by atomic mass is 10.0. The van der Waals surface area contributed by atoms with E-state index in [2.05, 4.69) is 16.1 Å². The highest BCUT2D eigenvalue weighted by molar-refractivity contribution is 5.85. The van der Waals surface area contributed by atoms with Crippen LogP contribution >= 0.6 is 0 Å². The van der Waals surface area contributed by atoms with Crippen LogP contribution in [-0.2, 0) is 16.0 Å². The summed E-state index contributed by atoms with van der Waals surface area (Å²) >= 11 is 0. The van der Waals surface area contributed by atoms with E-state index in [1.807, 2.05) is 6.92 Å². The zero-order valence-electron chi connectivity index (χ0n) is 20.5. The smallest absolute Gasteiger partial charge is 0.493 e. The molecule has 3 rings (SSSR count). The summed E-state index contributed by atoms with van der Waals surface area (Å²) in [4.78, 5) is 11.1. The molecule has 0 aliphatic heterocycles. The monoisotopic (exact) mass is 544 g/mol. The average molecular weight is 544 g/mol. The molecule has 1 aromatic heterocycles. The van der Waals surface area contributed by atoms with Crippen molar-refractivity contribution in [2.24, 2.45) is 5.92 Å². The van der Waals surface area contributed by atoms with Gasteiger partial charge in [-0.25, -0.2) is 4.79 Å². The van der Waals surface area contributed by atoms with Crippen LogP contribution in [0.25, 0.3) is 22.3 Å². The first-order valence-corrected chi connectivity index (χ1v) is 11.8. The molecule has 0 saturated carbocycles. The van der Waals surface area contributed by atoms with Gasteiger partial charge in [-0.05, 0) is 48.7 Å². The van der Waals surface area contributed by atoms with Gasteiger partial charge in [0, 0.05) is 17.5 Å². The molecule has 0 N–H and O–H groups in total. The summed E-state index contributed by atoms with van der Waals surface area (Å²) in [5, 5.41) is 0.490. The zero-order valence-corrected chi connectivity index (χ0v) is 20.5. The Labute approximate surface area is 215 Å². The van der Waals surface area contributed by atoms with E-state index >= 15 is 0 Å². The lowest BCUT2D eigenvalue weighted by Crippen LogP contribution is -2.33. The molecule has 0 aliphatic carbocycles. The molecule has 11 heteroatoms. The van der Waals surface area contributed by atoms with Crippen LogP contribution in [0.2, 0.25) is 0 Å². The Hall–Kier alpha value is -3.63. The van der Waals surface area contributed by atoms with Crippen LogP contribution in [0.15, 0.2) is 59.5 Å². The summed E-state index contributed by atoms with van der Waals surface area (Å²) < 4.78 is 98.9. The number of hydrogen-bond acceptors (Lipinski definition) is 5. The number of carbonyl (C=O) groups is 1. The summed E-state index contributed by atoms with van der Waals surface area (Å²) in [5.41, 5.74) is 0.941. The van der Waals surface area contributed by atoms with Crippen LogP contribution in [0.1, 0.15) is 31.7 Å². The number of aryl methyl sites for hydroxylation is 1. The van der Waals surface area contributed by atoms with Crippen molar-refractivity contribution in [3.8, 4) is 22.8 Å². The molecule has 0 amide bonds. The molecule has 1 atom stereocenters. The van der Waals surface area contributed by atoms with E-state index in [1.165, 1.54) is 36.4 Å². The Morgan fingerprint density at radius 2 is 1.79 bits per heavy atom. The molecule has 0 saturated heterocycles. The molecule has 5 nitrogen and oxygen atoms in total.